The molecule has 3 aromatic rings. The van der Waals surface area contributed by atoms with Crippen molar-refractivity contribution in [3.8, 4) is 0 Å². The molecule has 33 heavy (non-hydrogen) atoms. The Hall–Kier alpha value is -2.70. The second-order valence-electron chi connectivity index (χ2n) is 9.07. The summed E-state index contributed by atoms with van der Waals surface area (Å²) in [6.07, 6.45) is 5.64. The summed E-state index contributed by atoms with van der Waals surface area (Å²) in [5.41, 5.74) is 4.49. The van der Waals surface area contributed by atoms with Crippen LogP contribution in [-0.4, -0.2) is 53.3 Å². The van der Waals surface area contributed by atoms with Crippen LogP contribution in [0.25, 0.3) is 0 Å². The molecule has 0 amide bonds. The minimum atomic E-state index is 0.495. The largest absolute Gasteiger partial charge is 0.352 e. The number of unbranched alkanes of at least 4 members (excludes halogenated alkanes) is 1. The monoisotopic (exact) mass is 459 g/mol. The van der Waals surface area contributed by atoms with Gasteiger partial charge in [0.1, 0.15) is 10.7 Å². The number of benzene rings is 2. The van der Waals surface area contributed by atoms with Gasteiger partial charge in [-0.25, -0.2) is 9.98 Å². The number of aliphatic imine (C=N–C) groups is 1. The molecule has 1 aromatic heterocycles. The Morgan fingerprint density at radius 1 is 1.03 bits per heavy atom. The fourth-order valence-corrected chi connectivity index (χ4v) is 5.66. The molecule has 2 aliphatic rings. The van der Waals surface area contributed by atoms with Gasteiger partial charge < -0.3 is 10.2 Å². The van der Waals surface area contributed by atoms with Crippen molar-refractivity contribution in [1.82, 2.24) is 14.8 Å². The zero-order valence-electron chi connectivity index (χ0n) is 19.6. The summed E-state index contributed by atoms with van der Waals surface area (Å²) in [5, 5.41) is 5.97. The number of anilines is 2. The Bertz CT molecular complexity index is 1110. The molecule has 172 valence electrons. The van der Waals surface area contributed by atoms with E-state index in [9.17, 15) is 0 Å². The van der Waals surface area contributed by atoms with Crippen LogP contribution in [0, 0.1) is 0 Å². The molecule has 3 heterocycles. The average Bonchev–Trinajstić information content (AvgIpc) is 3.17. The molecule has 1 saturated heterocycles. The lowest BCUT2D eigenvalue weighted by molar-refractivity contribution is 0.134. The summed E-state index contributed by atoms with van der Waals surface area (Å²) in [6, 6.07) is 19.7. The molecule has 5 rings (SSSR count). The van der Waals surface area contributed by atoms with E-state index in [2.05, 4.69) is 83.7 Å². The van der Waals surface area contributed by atoms with E-state index in [0.29, 0.717) is 6.04 Å². The molecule has 5 nitrogen and oxygen atoms in total. The van der Waals surface area contributed by atoms with Crippen molar-refractivity contribution in [2.24, 2.45) is 4.99 Å². The van der Waals surface area contributed by atoms with Gasteiger partial charge >= 0.3 is 0 Å². The van der Waals surface area contributed by atoms with Crippen LogP contribution in [0.1, 0.15) is 42.5 Å². The van der Waals surface area contributed by atoms with Crippen LogP contribution < -0.4 is 5.32 Å². The molecule has 0 bridgehead atoms. The molecule has 0 saturated carbocycles. The highest BCUT2D eigenvalue weighted by Crippen LogP contribution is 2.38. The Labute approximate surface area is 201 Å². The first-order valence-electron chi connectivity index (χ1n) is 12.1. The Morgan fingerprint density at radius 3 is 2.70 bits per heavy atom. The van der Waals surface area contributed by atoms with Gasteiger partial charge in [-0.2, -0.15) is 0 Å². The lowest BCUT2D eigenvalue weighted by Crippen LogP contribution is -2.53. The number of hydrogen-bond acceptors (Lipinski definition) is 6. The summed E-state index contributed by atoms with van der Waals surface area (Å²) in [5.74, 6) is 1.03. The Kier molecular flexibility index (Phi) is 6.74. The molecule has 6 heteroatoms. The van der Waals surface area contributed by atoms with E-state index >= 15 is 0 Å². The van der Waals surface area contributed by atoms with Gasteiger partial charge in [0.2, 0.25) is 0 Å². The summed E-state index contributed by atoms with van der Waals surface area (Å²) < 4.78 is 0. The summed E-state index contributed by atoms with van der Waals surface area (Å²) in [6.45, 7) is 5.22. The number of aryl methyl sites for hydroxylation is 2. The summed E-state index contributed by atoms with van der Waals surface area (Å²) >= 11 is 1.79. The summed E-state index contributed by atoms with van der Waals surface area (Å²) in [7, 11) is 2.26. The van der Waals surface area contributed by atoms with Crippen molar-refractivity contribution < 1.29 is 0 Å². The third-order valence-electron chi connectivity index (χ3n) is 6.69. The number of amidine groups is 1. The minimum Gasteiger partial charge on any atom is -0.352 e. The van der Waals surface area contributed by atoms with E-state index in [1.807, 2.05) is 0 Å². The third-order valence-corrected chi connectivity index (χ3v) is 7.72. The van der Waals surface area contributed by atoms with Crippen LogP contribution in [0.4, 0.5) is 16.4 Å². The maximum Gasteiger partial charge on any atom is 0.158 e. The predicted octanol–water partition coefficient (Wildman–Crippen LogP) is 5.87. The van der Waals surface area contributed by atoms with Crippen molar-refractivity contribution >= 4 is 33.5 Å². The van der Waals surface area contributed by atoms with Crippen molar-refractivity contribution in [1.29, 1.82) is 0 Å². The number of aromatic nitrogens is 1. The molecule has 0 radical (unpaired) electrons. The number of thiazole rings is 1. The first kappa shape index (κ1) is 22.1. The predicted molar refractivity (Wildman–Crippen MR) is 139 cm³/mol. The second kappa shape index (κ2) is 10.1. The van der Waals surface area contributed by atoms with Crippen LogP contribution in [0.3, 0.4) is 0 Å². The number of para-hydroxylation sites is 2. The van der Waals surface area contributed by atoms with Crippen LogP contribution >= 0.6 is 11.3 Å². The number of rotatable bonds is 6. The van der Waals surface area contributed by atoms with Crippen molar-refractivity contribution in [3.63, 3.8) is 0 Å². The molecule has 1 N–H and O–H groups in total. The number of nitrogens with one attached hydrogen (secondary N) is 1. The molecule has 0 aliphatic carbocycles. The number of hydrogen-bond donors (Lipinski definition) is 1. The standard InChI is InChI=1S/C27H33N5S/c1-3-4-14-24-30-25-26(28-22-12-8-9-13-23(22)29-27(25)33-24)32-18-17-31(2)21(19-32)16-15-20-10-6-5-7-11-20/h5-13,21,29H,3-4,14-19H2,1-2H3. The SMILES string of the molecule is CCCCc1nc2c(s1)Nc1ccccc1N=C2N1CCN(C)C(CCc2ccccc2)C1. The molecule has 2 aromatic carbocycles. The van der Waals surface area contributed by atoms with E-state index in [1.165, 1.54) is 23.4 Å². The lowest BCUT2D eigenvalue weighted by atomic mass is 10.0. The molecular weight excluding hydrogens is 426 g/mol. The highest BCUT2D eigenvalue weighted by atomic mass is 32.1. The highest BCUT2D eigenvalue weighted by molar-refractivity contribution is 7.16. The maximum absolute atomic E-state index is 5.18. The molecular formula is C27H33N5S. The van der Waals surface area contributed by atoms with Crippen molar-refractivity contribution in [2.45, 2.75) is 45.1 Å². The van der Waals surface area contributed by atoms with Gasteiger partial charge in [0, 0.05) is 25.7 Å². The zero-order valence-corrected chi connectivity index (χ0v) is 20.4. The molecule has 2 aliphatic heterocycles. The topological polar surface area (TPSA) is 43.8 Å². The third kappa shape index (κ3) is 4.97. The first-order valence-corrected chi connectivity index (χ1v) is 13.0. The Morgan fingerprint density at radius 2 is 1.85 bits per heavy atom. The van der Waals surface area contributed by atoms with Crippen LogP contribution in [0.5, 0.6) is 0 Å². The van der Waals surface area contributed by atoms with Crippen LogP contribution in [0.2, 0.25) is 0 Å². The zero-order chi connectivity index (χ0) is 22.6. The smallest absolute Gasteiger partial charge is 0.158 e. The van der Waals surface area contributed by atoms with E-state index in [1.54, 1.807) is 11.3 Å². The van der Waals surface area contributed by atoms with E-state index in [-0.39, 0.29) is 0 Å². The van der Waals surface area contributed by atoms with Crippen LogP contribution in [-0.2, 0) is 12.8 Å². The minimum absolute atomic E-state index is 0.495. The van der Waals surface area contributed by atoms with E-state index < -0.39 is 0 Å². The van der Waals surface area contributed by atoms with Gasteiger partial charge in [-0.3, -0.25) is 4.90 Å². The fourth-order valence-electron chi connectivity index (χ4n) is 4.65. The fraction of sp³-hybridized carbons (Fsp3) is 0.407. The second-order valence-corrected chi connectivity index (χ2v) is 10.2. The highest BCUT2D eigenvalue weighted by Gasteiger charge is 2.31. The number of piperazine rings is 1. The molecule has 1 atom stereocenters. The molecule has 1 unspecified atom stereocenters. The number of nitrogens with zero attached hydrogens (tertiary/aromatic N) is 4. The van der Waals surface area contributed by atoms with Gasteiger partial charge in [-0.1, -0.05) is 55.8 Å². The number of fused-ring (bicyclic) bond motifs is 2. The first-order chi connectivity index (χ1) is 16.2. The normalized spacial score (nSPS) is 18.2. The van der Waals surface area contributed by atoms with E-state index in [4.69, 9.17) is 9.98 Å². The van der Waals surface area contributed by atoms with Gasteiger partial charge in [-0.15, -0.1) is 11.3 Å². The van der Waals surface area contributed by atoms with Crippen molar-refractivity contribution in [3.05, 3.63) is 70.9 Å². The van der Waals surface area contributed by atoms with Gasteiger partial charge in [0.25, 0.3) is 0 Å². The van der Waals surface area contributed by atoms with Crippen LogP contribution in [0.15, 0.2) is 59.6 Å². The molecule has 0 spiro atoms. The number of likely N-dealkylation sites (N-methyl/N-ethyl adjacent to an activating group) is 1. The van der Waals surface area contributed by atoms with Gasteiger partial charge in [0.15, 0.2) is 5.84 Å². The quantitative estimate of drug-likeness (QED) is 0.501. The van der Waals surface area contributed by atoms with Gasteiger partial charge in [-0.05, 0) is 50.4 Å². The maximum atomic E-state index is 5.18. The Balaban J connectivity index is 1.42. The molecule has 1 fully saturated rings. The average molecular weight is 460 g/mol. The van der Waals surface area contributed by atoms with E-state index in [0.717, 1.165) is 66.8 Å². The van der Waals surface area contributed by atoms with Gasteiger partial charge in [0.05, 0.1) is 16.4 Å². The van der Waals surface area contributed by atoms with Crippen molar-refractivity contribution in [2.75, 3.05) is 32.0 Å². The summed E-state index contributed by atoms with van der Waals surface area (Å²) in [4.78, 5) is 15.3. The lowest BCUT2D eigenvalue weighted by Gasteiger charge is -2.40.